The molecular formula is C20H36ClNO5Si. The van der Waals surface area contributed by atoms with Gasteiger partial charge >= 0.3 is 5.97 Å². The maximum absolute atomic E-state index is 13.1. The van der Waals surface area contributed by atoms with Gasteiger partial charge < -0.3 is 14.1 Å². The lowest BCUT2D eigenvalue weighted by atomic mass is 9.64. The van der Waals surface area contributed by atoms with Crippen molar-refractivity contribution in [3.8, 4) is 0 Å². The van der Waals surface area contributed by atoms with Gasteiger partial charge in [-0.3, -0.25) is 14.4 Å². The first-order valence-electron chi connectivity index (χ1n) is 9.89. The lowest BCUT2D eigenvalue weighted by Gasteiger charge is -2.54. The van der Waals surface area contributed by atoms with E-state index < -0.39 is 43.7 Å². The molecule has 0 saturated carbocycles. The van der Waals surface area contributed by atoms with Crippen molar-refractivity contribution in [2.45, 2.75) is 73.2 Å². The zero-order valence-electron chi connectivity index (χ0n) is 18.7. The Morgan fingerprint density at radius 3 is 2.11 bits per heavy atom. The summed E-state index contributed by atoms with van der Waals surface area (Å²) in [4.78, 5) is 38.7. The molecule has 0 bridgehead atoms. The van der Waals surface area contributed by atoms with Crippen LogP contribution >= 0.6 is 11.6 Å². The SMILES string of the molecule is C[C@@H](C(=O)Cl)[C@@H]1[C@H]([C@@H](CO[SiH](C)C)C(C)(C)C)C(=O)N1CC(=O)OC(C)(C)C. The summed E-state index contributed by atoms with van der Waals surface area (Å²) in [6.45, 7) is 17.7. The Morgan fingerprint density at radius 2 is 1.71 bits per heavy atom. The van der Waals surface area contributed by atoms with E-state index in [2.05, 4.69) is 33.9 Å². The van der Waals surface area contributed by atoms with Crippen molar-refractivity contribution in [2.24, 2.45) is 23.2 Å². The molecule has 0 aromatic heterocycles. The Bertz CT molecular complexity index is 596. The second kappa shape index (κ2) is 9.26. The summed E-state index contributed by atoms with van der Waals surface area (Å²) in [7, 11) is -1.27. The van der Waals surface area contributed by atoms with Crippen LogP contribution in [0.3, 0.4) is 0 Å². The number of rotatable bonds is 8. The highest BCUT2D eigenvalue weighted by Gasteiger charge is 2.57. The molecule has 1 heterocycles. The number of amides is 1. The van der Waals surface area contributed by atoms with Gasteiger partial charge in [-0.15, -0.1) is 0 Å². The van der Waals surface area contributed by atoms with Crippen LogP contribution in [0.25, 0.3) is 0 Å². The third-order valence-corrected chi connectivity index (χ3v) is 6.24. The fourth-order valence-electron chi connectivity index (χ4n) is 3.61. The molecule has 1 rings (SSSR count). The van der Waals surface area contributed by atoms with Gasteiger partial charge in [0, 0.05) is 6.61 Å². The fraction of sp³-hybridized carbons (Fsp3) is 0.850. The molecule has 0 aliphatic carbocycles. The van der Waals surface area contributed by atoms with Gasteiger partial charge in [0.05, 0.1) is 17.9 Å². The Balaban J connectivity index is 3.11. The van der Waals surface area contributed by atoms with Crippen LogP contribution in [0, 0.1) is 23.2 Å². The molecule has 0 unspecified atom stereocenters. The first-order chi connectivity index (χ1) is 12.6. The molecule has 0 aromatic rings. The van der Waals surface area contributed by atoms with Crippen LogP contribution in [0.2, 0.25) is 13.1 Å². The van der Waals surface area contributed by atoms with E-state index in [0.717, 1.165) is 0 Å². The highest BCUT2D eigenvalue weighted by Crippen LogP contribution is 2.45. The van der Waals surface area contributed by atoms with Gasteiger partial charge in [0.2, 0.25) is 11.1 Å². The number of carbonyl (C=O) groups is 3. The van der Waals surface area contributed by atoms with E-state index in [1.165, 1.54) is 4.90 Å². The Labute approximate surface area is 176 Å². The normalized spacial score (nSPS) is 22.7. The Morgan fingerprint density at radius 1 is 1.18 bits per heavy atom. The number of esters is 1. The van der Waals surface area contributed by atoms with E-state index in [1.807, 2.05) is 0 Å². The monoisotopic (exact) mass is 433 g/mol. The Hall–Kier alpha value is -0.923. The van der Waals surface area contributed by atoms with Crippen LogP contribution in [-0.4, -0.2) is 55.9 Å². The smallest absolute Gasteiger partial charge is 0.326 e. The predicted molar refractivity (Wildman–Crippen MR) is 113 cm³/mol. The topological polar surface area (TPSA) is 72.9 Å². The maximum atomic E-state index is 13.1. The second-order valence-electron chi connectivity index (χ2n) is 10.0. The van der Waals surface area contributed by atoms with E-state index in [9.17, 15) is 14.4 Å². The third-order valence-electron chi connectivity index (χ3n) is 5.04. The number of halogens is 1. The first kappa shape index (κ1) is 25.1. The lowest BCUT2D eigenvalue weighted by molar-refractivity contribution is -0.180. The van der Waals surface area contributed by atoms with Crippen LogP contribution in [0.5, 0.6) is 0 Å². The average molecular weight is 434 g/mol. The molecule has 162 valence electrons. The number of β-lactam (4-membered cyclic amide) rings is 1. The number of hydrogen-bond acceptors (Lipinski definition) is 5. The molecule has 1 amide bonds. The number of carbonyl (C=O) groups excluding carboxylic acids is 3. The summed E-state index contributed by atoms with van der Waals surface area (Å²) in [5, 5.41) is -0.511. The van der Waals surface area contributed by atoms with Crippen LogP contribution in [0.1, 0.15) is 48.5 Å². The summed E-state index contributed by atoms with van der Waals surface area (Å²) in [5.74, 6) is -1.69. The summed E-state index contributed by atoms with van der Waals surface area (Å²) in [6.07, 6.45) is 0. The van der Waals surface area contributed by atoms with Gasteiger partial charge in [0.1, 0.15) is 12.1 Å². The van der Waals surface area contributed by atoms with Crippen molar-refractivity contribution in [2.75, 3.05) is 13.2 Å². The first-order valence-corrected chi connectivity index (χ1v) is 13.1. The summed E-state index contributed by atoms with van der Waals surface area (Å²) in [5.41, 5.74) is -0.841. The van der Waals surface area contributed by atoms with Gasteiger partial charge in [0.15, 0.2) is 9.04 Å². The molecule has 8 heteroatoms. The zero-order chi connectivity index (χ0) is 22.0. The minimum Gasteiger partial charge on any atom is -0.459 e. The molecule has 0 aromatic carbocycles. The van der Waals surface area contributed by atoms with Gasteiger partial charge in [0.25, 0.3) is 0 Å². The van der Waals surface area contributed by atoms with E-state index >= 15 is 0 Å². The van der Waals surface area contributed by atoms with Crippen molar-refractivity contribution in [1.29, 1.82) is 0 Å². The molecule has 0 spiro atoms. The number of nitrogens with zero attached hydrogens (tertiary/aromatic N) is 1. The minimum absolute atomic E-state index is 0.0757. The molecule has 4 atom stereocenters. The highest BCUT2D eigenvalue weighted by molar-refractivity contribution is 6.64. The standard InChI is InChI=1S/C20H36ClNO5Si/c1-12(17(21)24)16-15(13(19(2,3)4)11-26-28(8)9)18(25)22(16)10-14(23)27-20(5,6)7/h12-13,15-16,28H,10-11H2,1-9H3/t12-,13-,15+,16-/m1/s1. The number of likely N-dealkylation sites (tertiary alicyclic amines) is 1. The van der Waals surface area contributed by atoms with Crippen LogP contribution in [-0.2, 0) is 23.5 Å². The minimum atomic E-state index is -1.27. The molecule has 0 radical (unpaired) electrons. The maximum Gasteiger partial charge on any atom is 0.326 e. The summed E-state index contributed by atoms with van der Waals surface area (Å²) < 4.78 is 11.3. The molecule has 28 heavy (non-hydrogen) atoms. The third kappa shape index (κ3) is 6.56. The quantitative estimate of drug-likeness (QED) is 0.254. The number of ether oxygens (including phenoxy) is 1. The molecule has 1 fully saturated rings. The van der Waals surface area contributed by atoms with Crippen molar-refractivity contribution in [3.05, 3.63) is 0 Å². The average Bonchev–Trinajstić information content (AvgIpc) is 2.48. The molecular weight excluding hydrogens is 398 g/mol. The van der Waals surface area contributed by atoms with E-state index in [-0.39, 0.29) is 23.8 Å². The van der Waals surface area contributed by atoms with E-state index in [4.69, 9.17) is 20.8 Å². The van der Waals surface area contributed by atoms with Gasteiger partial charge in [-0.25, -0.2) is 0 Å². The van der Waals surface area contributed by atoms with Crippen LogP contribution < -0.4 is 0 Å². The van der Waals surface area contributed by atoms with Gasteiger partial charge in [-0.1, -0.05) is 27.7 Å². The largest absolute Gasteiger partial charge is 0.459 e. The molecule has 1 aliphatic heterocycles. The second-order valence-corrected chi connectivity index (χ2v) is 12.8. The van der Waals surface area contributed by atoms with Crippen molar-refractivity contribution < 1.29 is 23.5 Å². The summed E-state index contributed by atoms with van der Waals surface area (Å²) >= 11 is 5.79. The molecule has 1 aliphatic rings. The van der Waals surface area contributed by atoms with E-state index in [1.54, 1.807) is 27.7 Å². The molecule has 1 saturated heterocycles. The van der Waals surface area contributed by atoms with Crippen molar-refractivity contribution in [1.82, 2.24) is 4.90 Å². The fourth-order valence-corrected chi connectivity index (χ4v) is 4.33. The highest BCUT2D eigenvalue weighted by atomic mass is 35.5. The van der Waals surface area contributed by atoms with Crippen molar-refractivity contribution >= 4 is 37.8 Å². The van der Waals surface area contributed by atoms with Crippen LogP contribution in [0.15, 0.2) is 0 Å². The number of hydrogen-bond donors (Lipinski definition) is 0. The van der Waals surface area contributed by atoms with Gasteiger partial charge in [-0.05, 0) is 56.8 Å². The van der Waals surface area contributed by atoms with E-state index in [0.29, 0.717) is 6.61 Å². The lowest BCUT2D eigenvalue weighted by Crippen LogP contribution is -2.69. The molecule has 0 N–H and O–H groups in total. The zero-order valence-corrected chi connectivity index (χ0v) is 20.6. The Kier molecular flexibility index (Phi) is 8.31. The van der Waals surface area contributed by atoms with Crippen molar-refractivity contribution in [3.63, 3.8) is 0 Å². The predicted octanol–water partition coefficient (Wildman–Crippen LogP) is 3.22. The summed E-state index contributed by atoms with van der Waals surface area (Å²) in [6, 6.07) is -0.438. The van der Waals surface area contributed by atoms with Gasteiger partial charge in [-0.2, -0.15) is 0 Å². The molecule has 6 nitrogen and oxygen atoms in total. The van der Waals surface area contributed by atoms with Crippen LogP contribution in [0.4, 0.5) is 0 Å².